The molecule has 1 amide bonds. The highest BCUT2D eigenvalue weighted by Gasteiger charge is 2.53. The van der Waals surface area contributed by atoms with Gasteiger partial charge in [-0.1, -0.05) is 24.3 Å². The second-order valence-electron chi connectivity index (χ2n) is 7.22. The van der Waals surface area contributed by atoms with Crippen LogP contribution in [0.3, 0.4) is 0 Å². The summed E-state index contributed by atoms with van der Waals surface area (Å²) in [5.41, 5.74) is 2.60. The van der Waals surface area contributed by atoms with Gasteiger partial charge in [0.05, 0.1) is 14.2 Å². The summed E-state index contributed by atoms with van der Waals surface area (Å²) in [5.74, 6) is -0.00636. The zero-order valence-corrected chi connectivity index (χ0v) is 17.8. The van der Waals surface area contributed by atoms with Crippen LogP contribution in [0.4, 0.5) is 0 Å². The van der Waals surface area contributed by atoms with E-state index in [0.717, 1.165) is 11.3 Å². The number of para-hydroxylation sites is 1. The molecule has 0 spiro atoms. The summed E-state index contributed by atoms with van der Waals surface area (Å²) in [7, 11) is -1.15. The van der Waals surface area contributed by atoms with Crippen LogP contribution in [-0.4, -0.2) is 56.5 Å². The first-order valence-corrected chi connectivity index (χ1v) is 11.0. The number of piperidine rings is 1. The summed E-state index contributed by atoms with van der Waals surface area (Å²) in [6.07, 6.45) is 0.0908. The fourth-order valence-electron chi connectivity index (χ4n) is 3.87. The van der Waals surface area contributed by atoms with Gasteiger partial charge in [-0.15, -0.1) is 0 Å². The molecule has 2 aromatic carbocycles. The van der Waals surface area contributed by atoms with Crippen LogP contribution in [0, 0.1) is 0 Å². The van der Waals surface area contributed by atoms with Crippen molar-refractivity contribution in [2.75, 3.05) is 27.3 Å². The molecule has 162 valence electrons. The van der Waals surface area contributed by atoms with Crippen molar-refractivity contribution in [1.29, 1.82) is 0 Å². The number of ether oxygens (including phenoxy) is 2. The minimum Gasteiger partial charge on any atom is -0.497 e. The van der Waals surface area contributed by atoms with Gasteiger partial charge in [0.25, 0.3) is 5.91 Å². The Bertz CT molecular complexity index is 1000. The molecular weight excluding hydrogens is 408 g/mol. The Morgan fingerprint density at radius 3 is 2.43 bits per heavy atom. The molecule has 3 rings (SSSR count). The van der Waals surface area contributed by atoms with E-state index in [0.29, 0.717) is 19.6 Å². The first kappa shape index (κ1) is 22.1. The smallest absolute Gasteiger partial charge is 0.265 e. The zero-order valence-electron chi connectivity index (χ0n) is 17.0. The Morgan fingerprint density at radius 2 is 1.80 bits per heavy atom. The molecule has 0 bridgehead atoms. The second-order valence-corrected chi connectivity index (χ2v) is 9.45. The number of carbonyl (C=O) groups excluding carboxylic acids is 1. The predicted octanol–water partition coefficient (Wildman–Crippen LogP) is 2.02. The van der Waals surface area contributed by atoms with Gasteiger partial charge in [-0.05, 0) is 42.7 Å². The van der Waals surface area contributed by atoms with Gasteiger partial charge in [0.2, 0.25) is 0 Å². The largest absolute Gasteiger partial charge is 0.497 e. The molecule has 30 heavy (non-hydrogen) atoms. The van der Waals surface area contributed by atoms with Crippen LogP contribution in [0.5, 0.6) is 11.5 Å². The van der Waals surface area contributed by atoms with Crippen molar-refractivity contribution in [2.24, 2.45) is 0 Å². The Kier molecular flexibility index (Phi) is 6.64. The average molecular weight is 435 g/mol. The van der Waals surface area contributed by atoms with Crippen molar-refractivity contribution in [3.05, 3.63) is 54.1 Å². The van der Waals surface area contributed by atoms with Crippen LogP contribution in [0.2, 0.25) is 0 Å². The molecule has 0 unspecified atom stereocenters. The zero-order chi connectivity index (χ0) is 21.8. The maximum Gasteiger partial charge on any atom is 0.265 e. The number of benzene rings is 2. The molecule has 2 N–H and O–H groups in total. The highest BCUT2D eigenvalue weighted by Crippen LogP contribution is 2.39. The SMILES string of the molecule is COc1cccc(CN2CCC(C(=O)NO)(S(=O)(=O)c3ccccc3OC)CC2)c1. The Labute approximate surface area is 176 Å². The monoisotopic (exact) mass is 434 g/mol. The number of hydrogen-bond donors (Lipinski definition) is 2. The number of methoxy groups -OCH3 is 2. The molecule has 1 saturated heterocycles. The van der Waals surface area contributed by atoms with Gasteiger partial charge in [0.15, 0.2) is 14.6 Å². The van der Waals surface area contributed by atoms with Gasteiger partial charge in [0, 0.05) is 19.6 Å². The van der Waals surface area contributed by atoms with E-state index in [-0.39, 0.29) is 23.5 Å². The molecule has 0 atom stereocenters. The van der Waals surface area contributed by atoms with Crippen LogP contribution in [0.15, 0.2) is 53.4 Å². The molecule has 1 fully saturated rings. The fraction of sp³-hybridized carbons (Fsp3) is 0.381. The molecule has 1 aliphatic rings. The standard InChI is InChI=1S/C21H26N2O6S/c1-28-17-7-5-6-16(14-17)15-23-12-10-21(11-13-23,20(24)22-25)30(26,27)19-9-4-3-8-18(19)29-2/h3-9,14,25H,10-13,15H2,1-2H3,(H,22,24). The van der Waals surface area contributed by atoms with E-state index in [9.17, 15) is 18.4 Å². The van der Waals surface area contributed by atoms with E-state index >= 15 is 0 Å². The Balaban J connectivity index is 1.87. The molecule has 8 nitrogen and oxygen atoms in total. The first-order valence-electron chi connectivity index (χ1n) is 9.55. The van der Waals surface area contributed by atoms with E-state index in [1.54, 1.807) is 24.7 Å². The summed E-state index contributed by atoms with van der Waals surface area (Å²) >= 11 is 0. The van der Waals surface area contributed by atoms with Crippen LogP contribution in [0.25, 0.3) is 0 Å². The van der Waals surface area contributed by atoms with E-state index in [2.05, 4.69) is 4.90 Å². The lowest BCUT2D eigenvalue weighted by molar-refractivity contribution is -0.133. The first-order chi connectivity index (χ1) is 14.4. The minimum absolute atomic E-state index is 0.0454. The maximum absolute atomic E-state index is 13.6. The highest BCUT2D eigenvalue weighted by atomic mass is 32.2. The number of nitrogens with zero attached hydrogens (tertiary/aromatic N) is 1. The molecule has 0 radical (unpaired) electrons. The number of nitrogens with one attached hydrogen (secondary N) is 1. The Morgan fingerprint density at radius 1 is 1.10 bits per heavy atom. The van der Waals surface area contributed by atoms with Gasteiger partial charge in [0.1, 0.15) is 16.4 Å². The number of sulfone groups is 1. The number of hydrogen-bond acceptors (Lipinski definition) is 7. The van der Waals surface area contributed by atoms with Crippen molar-refractivity contribution in [2.45, 2.75) is 29.0 Å². The van der Waals surface area contributed by atoms with Crippen LogP contribution in [0.1, 0.15) is 18.4 Å². The number of amides is 1. The third-order valence-electron chi connectivity index (χ3n) is 5.59. The van der Waals surface area contributed by atoms with Crippen molar-refractivity contribution >= 4 is 15.7 Å². The third-order valence-corrected chi connectivity index (χ3v) is 8.13. The highest BCUT2D eigenvalue weighted by molar-refractivity contribution is 7.93. The Hall–Kier alpha value is -2.62. The van der Waals surface area contributed by atoms with Crippen molar-refractivity contribution < 1.29 is 27.9 Å². The number of rotatable bonds is 7. The maximum atomic E-state index is 13.6. The van der Waals surface area contributed by atoms with Crippen molar-refractivity contribution in [3.8, 4) is 11.5 Å². The summed E-state index contributed by atoms with van der Waals surface area (Å²) in [4.78, 5) is 14.7. The van der Waals surface area contributed by atoms with Gasteiger partial charge < -0.3 is 9.47 Å². The molecule has 0 saturated carbocycles. The topological polar surface area (TPSA) is 105 Å². The van der Waals surface area contributed by atoms with Gasteiger partial charge in [-0.25, -0.2) is 13.9 Å². The lowest BCUT2D eigenvalue weighted by Gasteiger charge is -2.39. The van der Waals surface area contributed by atoms with Gasteiger partial charge >= 0.3 is 0 Å². The molecule has 1 aliphatic heterocycles. The number of likely N-dealkylation sites (tertiary alicyclic amines) is 1. The summed E-state index contributed by atoms with van der Waals surface area (Å²) < 4.78 is 35.8. The minimum atomic E-state index is -4.13. The van der Waals surface area contributed by atoms with E-state index in [4.69, 9.17) is 9.47 Å². The lowest BCUT2D eigenvalue weighted by atomic mass is 9.94. The van der Waals surface area contributed by atoms with Gasteiger partial charge in [-0.2, -0.15) is 0 Å². The van der Waals surface area contributed by atoms with Crippen LogP contribution < -0.4 is 15.0 Å². The number of hydroxylamine groups is 1. The van der Waals surface area contributed by atoms with Crippen molar-refractivity contribution in [3.63, 3.8) is 0 Å². The van der Waals surface area contributed by atoms with Gasteiger partial charge in [-0.3, -0.25) is 14.9 Å². The fourth-order valence-corrected chi connectivity index (χ4v) is 5.98. The van der Waals surface area contributed by atoms with Crippen LogP contribution >= 0.6 is 0 Å². The van der Waals surface area contributed by atoms with E-state index < -0.39 is 20.5 Å². The number of carbonyl (C=O) groups is 1. The molecule has 0 aliphatic carbocycles. The van der Waals surface area contributed by atoms with E-state index in [1.165, 1.54) is 19.2 Å². The third kappa shape index (κ3) is 4.00. The van der Waals surface area contributed by atoms with E-state index in [1.807, 2.05) is 24.3 Å². The second kappa shape index (κ2) is 9.03. The quantitative estimate of drug-likeness (QED) is 0.507. The van der Waals surface area contributed by atoms with Crippen molar-refractivity contribution in [1.82, 2.24) is 10.4 Å². The predicted molar refractivity (Wildman–Crippen MR) is 110 cm³/mol. The lowest BCUT2D eigenvalue weighted by Crippen LogP contribution is -2.57. The summed E-state index contributed by atoms with van der Waals surface area (Å²) in [6.45, 7) is 1.35. The summed E-state index contributed by atoms with van der Waals surface area (Å²) in [6, 6.07) is 13.8. The average Bonchev–Trinajstić information content (AvgIpc) is 2.79. The molecule has 9 heteroatoms. The molecule has 1 heterocycles. The molecule has 0 aromatic heterocycles. The normalized spacial score (nSPS) is 16.6. The van der Waals surface area contributed by atoms with Crippen LogP contribution in [-0.2, 0) is 21.2 Å². The molecular formula is C21H26N2O6S. The molecule has 2 aromatic rings. The summed E-state index contributed by atoms with van der Waals surface area (Å²) in [5, 5.41) is 9.33.